The van der Waals surface area contributed by atoms with E-state index < -0.39 is 36.6 Å². The topological polar surface area (TPSA) is 77.0 Å². The summed E-state index contributed by atoms with van der Waals surface area (Å²) in [5, 5.41) is 12.9. The van der Waals surface area contributed by atoms with Crippen molar-refractivity contribution in [2.45, 2.75) is 50.8 Å². The molecule has 1 aliphatic heterocycles. The SMILES string of the molecule is CC(=O)N[C@@H]1[C@@H](OCc2ccccc2)[C@H](F)[C@@H](COCc2ccccc2)O[C@@H]1O. The third-order valence-electron chi connectivity index (χ3n) is 4.69. The summed E-state index contributed by atoms with van der Waals surface area (Å²) in [5.74, 6) is -0.406. The van der Waals surface area contributed by atoms with Crippen LogP contribution in [0.4, 0.5) is 4.39 Å². The first-order valence-electron chi connectivity index (χ1n) is 9.56. The predicted octanol–water partition coefficient (Wildman–Crippen LogP) is 2.35. The second kappa shape index (κ2) is 10.5. The van der Waals surface area contributed by atoms with Crippen molar-refractivity contribution >= 4 is 5.91 Å². The van der Waals surface area contributed by atoms with Crippen molar-refractivity contribution in [1.29, 1.82) is 0 Å². The lowest BCUT2D eigenvalue weighted by molar-refractivity contribution is -0.253. The summed E-state index contributed by atoms with van der Waals surface area (Å²) < 4.78 is 32.0. The Kier molecular flexibility index (Phi) is 7.71. The molecule has 2 aromatic carbocycles. The molecule has 7 heteroatoms. The van der Waals surface area contributed by atoms with Crippen molar-refractivity contribution in [3.05, 3.63) is 71.8 Å². The van der Waals surface area contributed by atoms with Crippen molar-refractivity contribution in [3.63, 3.8) is 0 Å². The fourth-order valence-corrected chi connectivity index (χ4v) is 3.26. The summed E-state index contributed by atoms with van der Waals surface area (Å²) in [5.41, 5.74) is 1.81. The van der Waals surface area contributed by atoms with E-state index in [9.17, 15) is 9.90 Å². The van der Waals surface area contributed by atoms with Crippen molar-refractivity contribution in [3.8, 4) is 0 Å². The lowest BCUT2D eigenvalue weighted by atomic mass is 9.97. The fourth-order valence-electron chi connectivity index (χ4n) is 3.26. The van der Waals surface area contributed by atoms with Crippen molar-refractivity contribution in [2.24, 2.45) is 0 Å². The van der Waals surface area contributed by atoms with Crippen LogP contribution < -0.4 is 5.32 Å². The van der Waals surface area contributed by atoms with Gasteiger partial charge in [-0.05, 0) is 11.1 Å². The van der Waals surface area contributed by atoms with E-state index in [0.717, 1.165) is 11.1 Å². The normalized spacial score (nSPS) is 26.8. The first-order valence-corrected chi connectivity index (χ1v) is 9.56. The number of nitrogens with one attached hydrogen (secondary N) is 1. The first-order chi connectivity index (χ1) is 14.0. The van der Waals surface area contributed by atoms with Gasteiger partial charge in [-0.25, -0.2) is 4.39 Å². The Bertz CT molecular complexity index is 760. The fraction of sp³-hybridized carbons (Fsp3) is 0.409. The van der Waals surface area contributed by atoms with E-state index in [1.54, 1.807) is 0 Å². The molecule has 0 bridgehead atoms. The standard InChI is InChI=1S/C22H26FNO5/c1-15(25)24-20-21(28-13-17-10-6-3-7-11-17)19(23)18(29-22(20)26)14-27-12-16-8-4-2-5-9-16/h2-11,18-22,26H,12-14H2,1H3,(H,24,25)/t18-,19-,20-,21+,22+/m1/s1. The highest BCUT2D eigenvalue weighted by Crippen LogP contribution is 2.26. The zero-order valence-corrected chi connectivity index (χ0v) is 16.2. The minimum atomic E-state index is -1.59. The molecule has 2 N–H and O–H groups in total. The number of carbonyl (C=O) groups is 1. The monoisotopic (exact) mass is 403 g/mol. The van der Waals surface area contributed by atoms with Crippen molar-refractivity contribution < 1.29 is 28.5 Å². The molecule has 0 unspecified atom stereocenters. The van der Waals surface area contributed by atoms with Crippen LogP contribution in [0.2, 0.25) is 0 Å². The molecule has 0 radical (unpaired) electrons. The van der Waals surface area contributed by atoms with Gasteiger partial charge in [-0.1, -0.05) is 60.7 Å². The molecular weight excluding hydrogens is 377 g/mol. The lowest BCUT2D eigenvalue weighted by Gasteiger charge is -2.41. The van der Waals surface area contributed by atoms with Gasteiger partial charge in [-0.15, -0.1) is 0 Å². The van der Waals surface area contributed by atoms with Gasteiger partial charge in [-0.2, -0.15) is 0 Å². The highest BCUT2D eigenvalue weighted by atomic mass is 19.1. The van der Waals surface area contributed by atoms with Crippen LogP contribution in [-0.4, -0.2) is 48.3 Å². The largest absolute Gasteiger partial charge is 0.374 e. The van der Waals surface area contributed by atoms with E-state index >= 15 is 4.39 Å². The smallest absolute Gasteiger partial charge is 0.217 e. The van der Waals surface area contributed by atoms with E-state index in [0.29, 0.717) is 6.61 Å². The van der Waals surface area contributed by atoms with Crippen LogP contribution in [0.25, 0.3) is 0 Å². The van der Waals surface area contributed by atoms with Gasteiger partial charge in [0.05, 0.1) is 19.8 Å². The number of aliphatic hydroxyl groups is 1. The number of benzene rings is 2. The first kappa shape index (κ1) is 21.4. The van der Waals surface area contributed by atoms with Gasteiger partial charge in [0, 0.05) is 6.92 Å². The maximum absolute atomic E-state index is 15.2. The van der Waals surface area contributed by atoms with Crippen LogP contribution in [0.1, 0.15) is 18.1 Å². The van der Waals surface area contributed by atoms with E-state index in [2.05, 4.69) is 5.32 Å². The van der Waals surface area contributed by atoms with E-state index in [-0.39, 0.29) is 13.2 Å². The third-order valence-corrected chi connectivity index (χ3v) is 4.69. The highest BCUT2D eigenvalue weighted by Gasteiger charge is 2.47. The predicted molar refractivity (Wildman–Crippen MR) is 104 cm³/mol. The van der Waals surface area contributed by atoms with E-state index in [1.165, 1.54) is 6.92 Å². The maximum Gasteiger partial charge on any atom is 0.217 e. The molecule has 1 fully saturated rings. The summed E-state index contributed by atoms with van der Waals surface area (Å²) in [6, 6.07) is 17.8. The van der Waals surface area contributed by atoms with Gasteiger partial charge in [0.2, 0.25) is 5.91 Å². The molecule has 6 nitrogen and oxygen atoms in total. The average molecular weight is 403 g/mol. The van der Waals surface area contributed by atoms with Gasteiger partial charge in [0.1, 0.15) is 18.2 Å². The summed E-state index contributed by atoms with van der Waals surface area (Å²) >= 11 is 0. The van der Waals surface area contributed by atoms with E-state index in [1.807, 2.05) is 60.7 Å². The number of aliphatic hydroxyl groups excluding tert-OH is 1. The molecule has 2 aromatic rings. The number of amides is 1. The van der Waals surface area contributed by atoms with Crippen LogP contribution in [0.3, 0.4) is 0 Å². The molecule has 0 spiro atoms. The van der Waals surface area contributed by atoms with Gasteiger partial charge >= 0.3 is 0 Å². The molecule has 0 aliphatic carbocycles. The molecule has 0 saturated carbocycles. The minimum absolute atomic E-state index is 0.0505. The Hall–Kier alpha value is -2.32. The zero-order chi connectivity index (χ0) is 20.6. The number of carbonyl (C=O) groups excluding carboxylic acids is 1. The van der Waals surface area contributed by atoms with Crippen molar-refractivity contribution in [2.75, 3.05) is 6.61 Å². The molecule has 156 valence electrons. The number of hydrogen-bond donors (Lipinski definition) is 2. The van der Waals surface area contributed by atoms with Crippen LogP contribution in [0.5, 0.6) is 0 Å². The minimum Gasteiger partial charge on any atom is -0.374 e. The highest BCUT2D eigenvalue weighted by molar-refractivity contribution is 5.73. The number of ether oxygens (including phenoxy) is 3. The number of alkyl halides is 1. The van der Waals surface area contributed by atoms with Crippen LogP contribution >= 0.6 is 0 Å². The second-order valence-electron chi connectivity index (χ2n) is 7.00. The Balaban J connectivity index is 1.64. The summed E-state index contributed by atoms with van der Waals surface area (Å²) in [6.45, 7) is 1.69. The number of rotatable bonds is 8. The molecule has 3 rings (SSSR count). The van der Waals surface area contributed by atoms with Gasteiger partial charge < -0.3 is 24.6 Å². The van der Waals surface area contributed by atoms with Gasteiger partial charge in [0.25, 0.3) is 0 Å². The Labute approximate surface area is 169 Å². The number of halogens is 1. The summed E-state index contributed by atoms with van der Waals surface area (Å²) in [4.78, 5) is 11.5. The molecule has 0 aromatic heterocycles. The van der Waals surface area contributed by atoms with E-state index in [4.69, 9.17) is 14.2 Å². The maximum atomic E-state index is 15.2. The lowest BCUT2D eigenvalue weighted by Crippen LogP contribution is -2.63. The van der Waals surface area contributed by atoms with Crippen LogP contribution in [-0.2, 0) is 32.2 Å². The van der Waals surface area contributed by atoms with Crippen molar-refractivity contribution in [1.82, 2.24) is 5.32 Å². The molecule has 29 heavy (non-hydrogen) atoms. The van der Waals surface area contributed by atoms with Gasteiger partial charge in [0.15, 0.2) is 12.5 Å². The zero-order valence-electron chi connectivity index (χ0n) is 16.2. The van der Waals surface area contributed by atoms with Gasteiger partial charge in [-0.3, -0.25) is 4.79 Å². The molecule has 1 saturated heterocycles. The average Bonchev–Trinajstić information content (AvgIpc) is 2.72. The van der Waals surface area contributed by atoms with Crippen LogP contribution in [0.15, 0.2) is 60.7 Å². The molecule has 1 heterocycles. The Morgan fingerprint density at radius 3 is 2.24 bits per heavy atom. The molecule has 1 amide bonds. The third kappa shape index (κ3) is 6.08. The second-order valence-corrected chi connectivity index (χ2v) is 7.00. The molecular formula is C22H26FNO5. The summed E-state index contributed by atoms with van der Waals surface area (Å²) in [7, 11) is 0. The Morgan fingerprint density at radius 2 is 1.66 bits per heavy atom. The molecule has 5 atom stereocenters. The number of hydrogen-bond acceptors (Lipinski definition) is 5. The Morgan fingerprint density at radius 1 is 1.07 bits per heavy atom. The summed E-state index contributed by atoms with van der Waals surface area (Å²) in [6.07, 6.45) is -5.08. The quantitative estimate of drug-likeness (QED) is 0.708. The molecule has 1 aliphatic rings. The van der Waals surface area contributed by atoms with Crippen LogP contribution in [0, 0.1) is 0 Å².